The zero-order valence-electron chi connectivity index (χ0n) is 14.3. The second-order valence-corrected chi connectivity index (χ2v) is 6.46. The van der Waals surface area contributed by atoms with Gasteiger partial charge in [0.2, 0.25) is 0 Å². The highest BCUT2D eigenvalue weighted by atomic mass is 14.9. The maximum atomic E-state index is 5.66. The Kier molecular flexibility index (Phi) is 5.98. The molecule has 0 heterocycles. The minimum Gasteiger partial charge on any atom is -0.329 e. The molecule has 0 aliphatic carbocycles. The van der Waals surface area contributed by atoms with Crippen molar-refractivity contribution in [3.63, 3.8) is 0 Å². The lowest BCUT2D eigenvalue weighted by molar-refractivity contribution is 0.519. The molecule has 0 radical (unpaired) electrons. The van der Waals surface area contributed by atoms with Crippen molar-refractivity contribution in [2.45, 2.75) is 26.8 Å². The van der Waals surface area contributed by atoms with E-state index in [0.717, 1.165) is 6.54 Å². The first-order valence-corrected chi connectivity index (χ1v) is 8.12. The molecule has 0 amide bonds. The normalized spacial score (nSPS) is 13.0. The molecule has 0 aliphatic rings. The molecule has 0 saturated carbocycles. The zero-order valence-corrected chi connectivity index (χ0v) is 14.3. The lowest BCUT2D eigenvalue weighted by Crippen LogP contribution is -2.21. The minimum absolute atomic E-state index is 0.117. The molecule has 2 nitrogen and oxygen atoms in total. The van der Waals surface area contributed by atoms with Crippen LogP contribution in [0.2, 0.25) is 0 Å². The van der Waals surface area contributed by atoms with E-state index >= 15 is 0 Å². The van der Waals surface area contributed by atoms with Crippen molar-refractivity contribution in [3.05, 3.63) is 60.2 Å². The van der Waals surface area contributed by atoms with Crippen molar-refractivity contribution in [2.24, 2.45) is 11.1 Å². The molecule has 0 bridgehead atoms. The van der Waals surface area contributed by atoms with Crippen molar-refractivity contribution >= 4 is 10.8 Å². The molecular weight excluding hydrogens is 280 g/mol. The van der Waals surface area contributed by atoms with Gasteiger partial charge in [0.1, 0.15) is 0 Å². The average molecular weight is 306 g/mol. The van der Waals surface area contributed by atoms with Crippen LogP contribution in [0.15, 0.2) is 54.6 Å². The molecule has 0 unspecified atom stereocenters. The molecule has 2 heteroatoms. The fraction of sp³-hybridized carbons (Fsp3) is 0.333. The Labute approximate surface area is 139 Å². The van der Waals surface area contributed by atoms with E-state index in [4.69, 9.17) is 5.73 Å². The molecule has 120 valence electrons. The van der Waals surface area contributed by atoms with Crippen LogP contribution < -0.4 is 11.1 Å². The molecule has 1 atom stereocenters. The molecule has 0 aliphatic heterocycles. The number of hydrogen-bond donors (Lipinski definition) is 2. The van der Waals surface area contributed by atoms with E-state index in [0.29, 0.717) is 12.6 Å². The largest absolute Gasteiger partial charge is 0.329 e. The molecule has 2 aromatic rings. The SMILES string of the molecule is C[C@@H](NCC=CC#CC(C)(C)CN)c1cccc2ccccc12. The van der Waals surface area contributed by atoms with Crippen LogP contribution in [-0.2, 0) is 0 Å². The van der Waals surface area contributed by atoms with E-state index in [2.05, 4.69) is 86.5 Å². The molecular formula is C21H26N2. The second kappa shape index (κ2) is 7.97. The van der Waals surface area contributed by atoms with E-state index in [1.807, 2.05) is 6.08 Å². The maximum Gasteiger partial charge on any atom is 0.0384 e. The fourth-order valence-electron chi connectivity index (χ4n) is 2.39. The predicted octanol–water partition coefficient (Wildman–Crippen LogP) is 4.03. The first-order chi connectivity index (χ1) is 11.0. The van der Waals surface area contributed by atoms with E-state index in [1.165, 1.54) is 16.3 Å². The smallest absolute Gasteiger partial charge is 0.0384 e. The van der Waals surface area contributed by atoms with Crippen LogP contribution in [0.3, 0.4) is 0 Å². The second-order valence-electron chi connectivity index (χ2n) is 6.46. The van der Waals surface area contributed by atoms with Gasteiger partial charge < -0.3 is 11.1 Å². The fourth-order valence-corrected chi connectivity index (χ4v) is 2.39. The summed E-state index contributed by atoms with van der Waals surface area (Å²) in [5.41, 5.74) is 6.87. The molecule has 3 N–H and O–H groups in total. The number of allylic oxidation sites excluding steroid dienone is 1. The van der Waals surface area contributed by atoms with Gasteiger partial charge in [-0.15, -0.1) is 0 Å². The van der Waals surface area contributed by atoms with Crippen LogP contribution >= 0.6 is 0 Å². The third-order valence-corrected chi connectivity index (χ3v) is 3.95. The lowest BCUT2D eigenvalue weighted by Gasteiger charge is -2.15. The van der Waals surface area contributed by atoms with Crippen molar-refractivity contribution in [1.29, 1.82) is 0 Å². The van der Waals surface area contributed by atoms with Crippen molar-refractivity contribution in [2.75, 3.05) is 13.1 Å². The molecule has 0 spiro atoms. The van der Waals surface area contributed by atoms with Crippen molar-refractivity contribution < 1.29 is 0 Å². The molecule has 2 aromatic carbocycles. The quantitative estimate of drug-likeness (QED) is 0.818. The maximum absolute atomic E-state index is 5.66. The Morgan fingerprint density at radius 3 is 2.70 bits per heavy atom. The first kappa shape index (κ1) is 17.3. The molecule has 0 aromatic heterocycles. The van der Waals surface area contributed by atoms with Gasteiger partial charge in [0.25, 0.3) is 0 Å². The van der Waals surface area contributed by atoms with Crippen LogP contribution in [-0.4, -0.2) is 13.1 Å². The summed E-state index contributed by atoms with van der Waals surface area (Å²) in [7, 11) is 0. The van der Waals surface area contributed by atoms with Crippen LogP contribution in [0.1, 0.15) is 32.4 Å². The molecule has 0 fully saturated rings. The first-order valence-electron chi connectivity index (χ1n) is 8.12. The van der Waals surface area contributed by atoms with Gasteiger partial charge in [-0.05, 0) is 43.2 Å². The van der Waals surface area contributed by atoms with Gasteiger partial charge in [0.05, 0.1) is 0 Å². The average Bonchev–Trinajstić information content (AvgIpc) is 2.57. The Hall–Kier alpha value is -2.08. The number of hydrogen-bond acceptors (Lipinski definition) is 2. The third-order valence-electron chi connectivity index (χ3n) is 3.95. The summed E-state index contributed by atoms with van der Waals surface area (Å²) in [6.07, 6.45) is 3.96. The highest BCUT2D eigenvalue weighted by molar-refractivity contribution is 5.86. The Morgan fingerprint density at radius 1 is 1.17 bits per heavy atom. The van der Waals surface area contributed by atoms with Gasteiger partial charge in [0.15, 0.2) is 0 Å². The number of rotatable bonds is 5. The van der Waals surface area contributed by atoms with Crippen LogP contribution in [0.25, 0.3) is 10.8 Å². The van der Waals surface area contributed by atoms with Crippen LogP contribution in [0.5, 0.6) is 0 Å². The summed E-state index contributed by atoms with van der Waals surface area (Å²) in [6, 6.07) is 15.2. The number of benzene rings is 2. The lowest BCUT2D eigenvalue weighted by atomic mass is 9.95. The highest BCUT2D eigenvalue weighted by Gasteiger charge is 2.09. The Morgan fingerprint density at radius 2 is 1.91 bits per heavy atom. The Balaban J connectivity index is 1.96. The van der Waals surface area contributed by atoms with Gasteiger partial charge in [-0.2, -0.15) is 0 Å². The van der Waals surface area contributed by atoms with E-state index in [1.54, 1.807) is 0 Å². The van der Waals surface area contributed by atoms with Gasteiger partial charge in [0, 0.05) is 24.5 Å². The van der Waals surface area contributed by atoms with Crippen LogP contribution in [0.4, 0.5) is 0 Å². The number of nitrogens with two attached hydrogens (primary N) is 1. The van der Waals surface area contributed by atoms with Crippen molar-refractivity contribution in [1.82, 2.24) is 5.32 Å². The summed E-state index contributed by atoms with van der Waals surface area (Å²) in [4.78, 5) is 0. The van der Waals surface area contributed by atoms with Gasteiger partial charge >= 0.3 is 0 Å². The zero-order chi connectivity index (χ0) is 16.7. The number of nitrogens with one attached hydrogen (secondary N) is 1. The summed E-state index contributed by atoms with van der Waals surface area (Å²) < 4.78 is 0. The van der Waals surface area contributed by atoms with Crippen LogP contribution in [0, 0.1) is 17.3 Å². The van der Waals surface area contributed by atoms with Gasteiger partial charge in [-0.1, -0.05) is 60.4 Å². The van der Waals surface area contributed by atoms with Gasteiger partial charge in [-0.25, -0.2) is 0 Å². The summed E-state index contributed by atoms with van der Waals surface area (Å²) >= 11 is 0. The monoisotopic (exact) mass is 306 g/mol. The molecule has 23 heavy (non-hydrogen) atoms. The standard InChI is InChI=1S/C21H26N2/c1-17(23-15-8-4-7-14-21(2,3)16-22)19-13-9-11-18-10-5-6-12-20(18)19/h4-6,8-13,17,23H,15-16,22H2,1-3H3/t17-/m1/s1. The van der Waals surface area contributed by atoms with Crippen molar-refractivity contribution in [3.8, 4) is 11.8 Å². The topological polar surface area (TPSA) is 38.0 Å². The predicted molar refractivity (Wildman–Crippen MR) is 100 cm³/mol. The summed E-state index contributed by atoms with van der Waals surface area (Å²) in [5.74, 6) is 6.23. The molecule has 2 rings (SSSR count). The summed E-state index contributed by atoms with van der Waals surface area (Å²) in [6.45, 7) is 7.66. The number of fused-ring (bicyclic) bond motifs is 1. The van der Waals surface area contributed by atoms with E-state index in [-0.39, 0.29) is 5.41 Å². The van der Waals surface area contributed by atoms with E-state index in [9.17, 15) is 0 Å². The minimum atomic E-state index is -0.117. The van der Waals surface area contributed by atoms with Gasteiger partial charge in [-0.3, -0.25) is 0 Å². The summed E-state index contributed by atoms with van der Waals surface area (Å²) in [5, 5.41) is 6.11. The molecule has 0 saturated heterocycles. The third kappa shape index (κ3) is 4.96. The Bertz CT molecular complexity index is 727. The highest BCUT2D eigenvalue weighted by Crippen LogP contribution is 2.23. The van der Waals surface area contributed by atoms with E-state index < -0.39 is 0 Å².